The summed E-state index contributed by atoms with van der Waals surface area (Å²) in [5.41, 5.74) is 1.66. The summed E-state index contributed by atoms with van der Waals surface area (Å²) in [4.78, 5) is 0.271. The number of hydrogen-bond acceptors (Lipinski definition) is 2. The topological polar surface area (TPSA) is 46.2 Å². The van der Waals surface area contributed by atoms with E-state index in [1.807, 2.05) is 19.1 Å². The van der Waals surface area contributed by atoms with Crippen molar-refractivity contribution in [2.75, 3.05) is 4.72 Å². The molecule has 0 saturated heterocycles. The van der Waals surface area contributed by atoms with Crippen LogP contribution in [0.25, 0.3) is 0 Å². The Balaban J connectivity index is 2.24. The fraction of sp³-hybridized carbons (Fsp3) is 0.143. The first-order chi connectivity index (χ1) is 9.01. The van der Waals surface area contributed by atoms with Crippen molar-refractivity contribution in [1.82, 2.24) is 0 Å². The minimum atomic E-state index is -3.52. The van der Waals surface area contributed by atoms with Gasteiger partial charge in [-0.05, 0) is 48.4 Å². The molecule has 0 spiro atoms. The van der Waals surface area contributed by atoms with Crippen molar-refractivity contribution in [3.8, 4) is 0 Å². The van der Waals surface area contributed by atoms with Crippen LogP contribution in [-0.2, 0) is 16.4 Å². The number of rotatable bonds is 4. The van der Waals surface area contributed by atoms with Crippen LogP contribution >= 0.6 is 15.9 Å². The van der Waals surface area contributed by atoms with E-state index in [2.05, 4.69) is 20.7 Å². The van der Waals surface area contributed by atoms with Gasteiger partial charge in [-0.3, -0.25) is 4.72 Å². The molecular weight excluding hydrogens is 326 g/mol. The Kier molecular flexibility index (Phi) is 4.27. The van der Waals surface area contributed by atoms with Gasteiger partial charge < -0.3 is 0 Å². The standard InChI is InChI=1S/C14H14BrNO2S/c1-2-11-3-9-14(10-4-11)19(17,18)16-13-7-5-12(15)6-8-13/h3-10,16H,2H2,1H3. The monoisotopic (exact) mass is 339 g/mol. The van der Waals surface area contributed by atoms with E-state index in [9.17, 15) is 8.42 Å². The molecule has 0 heterocycles. The second-order valence-corrected chi connectivity index (χ2v) is 6.71. The van der Waals surface area contributed by atoms with Gasteiger partial charge in [-0.1, -0.05) is 35.0 Å². The summed E-state index contributed by atoms with van der Waals surface area (Å²) in [6.07, 6.45) is 0.889. The molecule has 2 aromatic rings. The number of hydrogen-bond donors (Lipinski definition) is 1. The average Bonchev–Trinajstić information content (AvgIpc) is 2.41. The normalized spacial score (nSPS) is 11.3. The lowest BCUT2D eigenvalue weighted by molar-refractivity contribution is 0.601. The number of aryl methyl sites for hydroxylation is 1. The highest BCUT2D eigenvalue weighted by atomic mass is 79.9. The second kappa shape index (κ2) is 5.75. The SMILES string of the molecule is CCc1ccc(S(=O)(=O)Nc2ccc(Br)cc2)cc1. The van der Waals surface area contributed by atoms with Gasteiger partial charge in [-0.2, -0.15) is 0 Å². The first-order valence-electron chi connectivity index (χ1n) is 5.88. The van der Waals surface area contributed by atoms with Crippen LogP contribution < -0.4 is 4.72 Å². The summed E-state index contributed by atoms with van der Waals surface area (Å²) in [6.45, 7) is 2.03. The maximum atomic E-state index is 12.2. The van der Waals surface area contributed by atoms with Crippen LogP contribution in [0.2, 0.25) is 0 Å². The Morgan fingerprint density at radius 1 is 1.00 bits per heavy atom. The number of nitrogens with one attached hydrogen (secondary N) is 1. The van der Waals surface area contributed by atoms with Crippen molar-refractivity contribution in [3.05, 3.63) is 58.6 Å². The largest absolute Gasteiger partial charge is 0.280 e. The molecule has 19 heavy (non-hydrogen) atoms. The van der Waals surface area contributed by atoms with Crippen molar-refractivity contribution < 1.29 is 8.42 Å². The van der Waals surface area contributed by atoms with Crippen LogP contribution in [0, 0.1) is 0 Å². The highest BCUT2D eigenvalue weighted by Gasteiger charge is 2.13. The Hall–Kier alpha value is -1.33. The van der Waals surface area contributed by atoms with E-state index in [0.717, 1.165) is 16.5 Å². The third kappa shape index (κ3) is 3.58. The maximum absolute atomic E-state index is 12.2. The lowest BCUT2D eigenvalue weighted by atomic mass is 10.2. The molecule has 100 valence electrons. The van der Waals surface area contributed by atoms with Crippen molar-refractivity contribution >= 4 is 31.6 Å². The predicted molar refractivity (Wildman–Crippen MR) is 80.8 cm³/mol. The van der Waals surface area contributed by atoms with Crippen molar-refractivity contribution in [1.29, 1.82) is 0 Å². The van der Waals surface area contributed by atoms with E-state index in [4.69, 9.17) is 0 Å². The van der Waals surface area contributed by atoms with Gasteiger partial charge in [0.25, 0.3) is 10.0 Å². The molecule has 0 fully saturated rings. The van der Waals surface area contributed by atoms with Crippen LogP contribution in [0.15, 0.2) is 57.9 Å². The van der Waals surface area contributed by atoms with Crippen LogP contribution in [0.1, 0.15) is 12.5 Å². The van der Waals surface area contributed by atoms with Gasteiger partial charge in [-0.25, -0.2) is 8.42 Å². The van der Waals surface area contributed by atoms with E-state index in [-0.39, 0.29) is 4.90 Å². The molecule has 0 saturated carbocycles. The Morgan fingerprint density at radius 2 is 1.58 bits per heavy atom. The molecule has 0 radical (unpaired) electrons. The van der Waals surface area contributed by atoms with Gasteiger partial charge >= 0.3 is 0 Å². The summed E-state index contributed by atoms with van der Waals surface area (Å²) in [6, 6.07) is 13.9. The molecule has 0 atom stereocenters. The molecule has 5 heteroatoms. The van der Waals surface area contributed by atoms with Gasteiger partial charge in [0.1, 0.15) is 0 Å². The Labute approximate surface area is 121 Å². The molecule has 0 bridgehead atoms. The van der Waals surface area contributed by atoms with E-state index in [1.165, 1.54) is 0 Å². The molecule has 0 amide bonds. The molecule has 2 aromatic carbocycles. The zero-order chi connectivity index (χ0) is 13.9. The van der Waals surface area contributed by atoms with Gasteiger partial charge in [0.2, 0.25) is 0 Å². The Bertz CT molecular complexity index is 649. The molecule has 0 aliphatic heterocycles. The van der Waals surface area contributed by atoms with E-state index >= 15 is 0 Å². The second-order valence-electron chi connectivity index (χ2n) is 4.11. The molecule has 1 N–H and O–H groups in total. The lowest BCUT2D eigenvalue weighted by Crippen LogP contribution is -2.12. The molecule has 0 aromatic heterocycles. The maximum Gasteiger partial charge on any atom is 0.261 e. The number of halogens is 1. The summed E-state index contributed by atoms with van der Waals surface area (Å²) < 4.78 is 27.8. The molecule has 0 unspecified atom stereocenters. The minimum Gasteiger partial charge on any atom is -0.280 e. The van der Waals surface area contributed by atoms with Gasteiger partial charge in [-0.15, -0.1) is 0 Å². The minimum absolute atomic E-state index is 0.271. The molecule has 0 aliphatic rings. The predicted octanol–water partition coefficient (Wildman–Crippen LogP) is 3.81. The lowest BCUT2D eigenvalue weighted by Gasteiger charge is -2.08. The highest BCUT2D eigenvalue weighted by Crippen LogP contribution is 2.19. The fourth-order valence-corrected chi connectivity index (χ4v) is 2.96. The zero-order valence-electron chi connectivity index (χ0n) is 10.4. The van der Waals surface area contributed by atoms with Crippen LogP contribution in [0.3, 0.4) is 0 Å². The summed E-state index contributed by atoms with van der Waals surface area (Å²) in [5.74, 6) is 0. The van der Waals surface area contributed by atoms with E-state index in [0.29, 0.717) is 5.69 Å². The third-order valence-corrected chi connectivity index (χ3v) is 4.66. The number of benzene rings is 2. The first kappa shape index (κ1) is 14.1. The molecule has 3 nitrogen and oxygen atoms in total. The molecule has 2 rings (SSSR count). The van der Waals surface area contributed by atoms with Gasteiger partial charge in [0, 0.05) is 10.2 Å². The van der Waals surface area contributed by atoms with E-state index < -0.39 is 10.0 Å². The molecule has 0 aliphatic carbocycles. The Morgan fingerprint density at radius 3 is 2.11 bits per heavy atom. The fourth-order valence-electron chi connectivity index (χ4n) is 1.64. The third-order valence-electron chi connectivity index (χ3n) is 2.74. The highest BCUT2D eigenvalue weighted by molar-refractivity contribution is 9.10. The van der Waals surface area contributed by atoms with Crippen LogP contribution in [0.5, 0.6) is 0 Å². The van der Waals surface area contributed by atoms with Gasteiger partial charge in [0.05, 0.1) is 4.90 Å². The summed E-state index contributed by atoms with van der Waals surface area (Å²) >= 11 is 3.31. The van der Waals surface area contributed by atoms with Crippen LogP contribution in [0.4, 0.5) is 5.69 Å². The summed E-state index contributed by atoms with van der Waals surface area (Å²) in [5, 5.41) is 0. The number of anilines is 1. The van der Waals surface area contributed by atoms with E-state index in [1.54, 1.807) is 36.4 Å². The van der Waals surface area contributed by atoms with Gasteiger partial charge in [0.15, 0.2) is 0 Å². The van der Waals surface area contributed by atoms with Crippen molar-refractivity contribution in [2.24, 2.45) is 0 Å². The van der Waals surface area contributed by atoms with Crippen molar-refractivity contribution in [3.63, 3.8) is 0 Å². The number of sulfonamides is 1. The van der Waals surface area contributed by atoms with Crippen molar-refractivity contribution in [2.45, 2.75) is 18.2 Å². The quantitative estimate of drug-likeness (QED) is 0.920. The zero-order valence-corrected chi connectivity index (χ0v) is 12.8. The first-order valence-corrected chi connectivity index (χ1v) is 8.16. The average molecular weight is 340 g/mol. The summed E-state index contributed by atoms with van der Waals surface area (Å²) in [7, 11) is -3.52. The molecular formula is C14H14BrNO2S. The van der Waals surface area contributed by atoms with Crippen LogP contribution in [-0.4, -0.2) is 8.42 Å². The smallest absolute Gasteiger partial charge is 0.261 e.